The van der Waals surface area contributed by atoms with Crippen molar-refractivity contribution in [1.29, 1.82) is 0 Å². The van der Waals surface area contributed by atoms with Gasteiger partial charge < -0.3 is 0 Å². The van der Waals surface area contributed by atoms with Crippen molar-refractivity contribution in [3.8, 4) is 0 Å². The summed E-state index contributed by atoms with van der Waals surface area (Å²) in [7, 11) is 3.26. The van der Waals surface area contributed by atoms with Crippen LogP contribution in [0.15, 0.2) is 53.1 Å². The van der Waals surface area contributed by atoms with Gasteiger partial charge in [0.25, 0.3) is 0 Å². The second kappa shape index (κ2) is 8.59. The second-order valence-electron chi connectivity index (χ2n) is 5.72. The third-order valence-electron chi connectivity index (χ3n) is 3.82. The van der Waals surface area contributed by atoms with Gasteiger partial charge in [-0.2, -0.15) is 0 Å². The average Bonchev–Trinajstić information content (AvgIpc) is 3.10. The van der Waals surface area contributed by atoms with E-state index in [-0.39, 0.29) is 5.78 Å². The molecule has 0 fully saturated rings. The van der Waals surface area contributed by atoms with Crippen LogP contribution in [0.3, 0.4) is 0 Å². The molecule has 0 N–H and O–H groups in total. The van der Waals surface area contributed by atoms with Crippen molar-refractivity contribution in [3.63, 3.8) is 0 Å². The molecule has 0 aliphatic rings. The lowest BCUT2D eigenvalue weighted by Gasteiger charge is -2.21. The molecule has 0 radical (unpaired) electrons. The molecular formula is C19H21N4O2P. The van der Waals surface area contributed by atoms with Crippen LogP contribution in [0, 0.1) is 0 Å². The number of Topliss-reactive ketones (excluding diaryl/α,β-unsaturated/α-hetero) is 1. The monoisotopic (exact) mass is 368 g/mol. The smallest absolute Gasteiger partial charge is 0.207 e. The maximum atomic E-state index is 12.3. The third kappa shape index (κ3) is 3.92. The molecule has 0 spiro atoms. The highest BCUT2D eigenvalue weighted by Gasteiger charge is 2.29. The zero-order chi connectivity index (χ0) is 19.2. The standard InChI is InChI=1S/C19H21N4O2P/c1-4-8-15(14(11-12-26)18(25)5-2)20-19(3,13-24)23-17-10-7-6-9-16(17)21-22-23/h4,6-13,26H,5H2,1-3H3/b8-4-,14-11+,20-15?. The van der Waals surface area contributed by atoms with E-state index in [4.69, 9.17) is 0 Å². The van der Waals surface area contributed by atoms with Crippen molar-refractivity contribution < 1.29 is 9.59 Å². The minimum atomic E-state index is -1.34. The highest BCUT2D eigenvalue weighted by Crippen LogP contribution is 2.22. The largest absolute Gasteiger partial charge is 0.298 e. The molecule has 2 rings (SSSR count). The van der Waals surface area contributed by atoms with Gasteiger partial charge in [0.1, 0.15) is 5.52 Å². The highest BCUT2D eigenvalue weighted by molar-refractivity contribution is 7.18. The van der Waals surface area contributed by atoms with Crippen molar-refractivity contribution in [1.82, 2.24) is 15.0 Å². The van der Waals surface area contributed by atoms with Crippen LogP contribution in [-0.2, 0) is 15.3 Å². The molecule has 134 valence electrons. The normalized spacial score (nSPS) is 15.2. The number of benzene rings is 1. The van der Waals surface area contributed by atoms with E-state index < -0.39 is 5.66 Å². The number of rotatable bonds is 8. The molecule has 26 heavy (non-hydrogen) atoms. The highest BCUT2D eigenvalue weighted by atomic mass is 31.0. The first-order valence-corrected chi connectivity index (χ1v) is 8.82. The van der Waals surface area contributed by atoms with Gasteiger partial charge in [0.2, 0.25) is 5.66 Å². The molecule has 0 aliphatic heterocycles. The van der Waals surface area contributed by atoms with Crippen molar-refractivity contribution in [3.05, 3.63) is 48.1 Å². The number of aromatic nitrogens is 3. The number of aldehydes is 1. The second-order valence-corrected chi connectivity index (χ2v) is 6.06. The van der Waals surface area contributed by atoms with E-state index in [9.17, 15) is 9.59 Å². The van der Waals surface area contributed by atoms with E-state index >= 15 is 0 Å². The van der Waals surface area contributed by atoms with Gasteiger partial charge in [-0.1, -0.05) is 30.3 Å². The first kappa shape index (κ1) is 19.6. The Labute approximate surface area is 154 Å². The number of aliphatic imine (C=N–C) groups is 1. The number of fused-ring (bicyclic) bond motifs is 1. The van der Waals surface area contributed by atoms with Crippen molar-refractivity contribution in [2.45, 2.75) is 32.9 Å². The number of hydrogen-bond acceptors (Lipinski definition) is 5. The van der Waals surface area contributed by atoms with E-state index in [1.54, 1.807) is 37.9 Å². The summed E-state index contributed by atoms with van der Waals surface area (Å²) in [5, 5.41) is 8.19. The number of para-hydroxylation sites is 1. The molecule has 0 bridgehead atoms. The Hall–Kier alpha value is -2.72. The number of ketones is 1. The van der Waals surface area contributed by atoms with Gasteiger partial charge in [0, 0.05) is 12.0 Å². The van der Waals surface area contributed by atoms with Gasteiger partial charge in [-0.05, 0) is 43.9 Å². The predicted octanol–water partition coefficient (Wildman–Crippen LogP) is 3.17. The molecule has 1 aromatic carbocycles. The predicted molar refractivity (Wildman–Crippen MR) is 107 cm³/mol. The first-order chi connectivity index (χ1) is 12.5. The third-order valence-corrected chi connectivity index (χ3v) is 3.99. The van der Waals surface area contributed by atoms with Gasteiger partial charge in [-0.3, -0.25) is 9.59 Å². The van der Waals surface area contributed by atoms with E-state index in [2.05, 4.69) is 24.2 Å². The summed E-state index contributed by atoms with van der Waals surface area (Å²) in [6, 6.07) is 7.32. The van der Waals surface area contributed by atoms with E-state index in [1.165, 1.54) is 4.68 Å². The number of hydrogen-bond donors (Lipinski definition) is 0. The molecule has 1 unspecified atom stereocenters. The molecule has 0 saturated carbocycles. The van der Waals surface area contributed by atoms with Crippen LogP contribution in [0.25, 0.3) is 11.0 Å². The van der Waals surface area contributed by atoms with Crippen molar-refractivity contribution in [2.75, 3.05) is 0 Å². The fourth-order valence-electron chi connectivity index (χ4n) is 2.51. The van der Waals surface area contributed by atoms with Crippen molar-refractivity contribution >= 4 is 43.5 Å². The summed E-state index contributed by atoms with van der Waals surface area (Å²) in [5.41, 5.74) is 0.826. The lowest BCUT2D eigenvalue weighted by molar-refractivity contribution is -0.115. The zero-order valence-corrected chi connectivity index (χ0v) is 16.0. The van der Waals surface area contributed by atoms with E-state index in [0.29, 0.717) is 35.0 Å². The fraction of sp³-hybridized carbons (Fsp3) is 0.263. The van der Waals surface area contributed by atoms with Crippen LogP contribution in [-0.4, -0.2) is 38.6 Å². The van der Waals surface area contributed by atoms with Crippen LogP contribution in [0.1, 0.15) is 27.2 Å². The fourth-order valence-corrected chi connectivity index (χ4v) is 2.68. The Morgan fingerprint density at radius 2 is 2.12 bits per heavy atom. The molecule has 0 saturated heterocycles. The molecule has 0 aliphatic carbocycles. The lowest BCUT2D eigenvalue weighted by atomic mass is 10.0. The average molecular weight is 368 g/mol. The molecule has 1 atom stereocenters. The minimum Gasteiger partial charge on any atom is -0.298 e. The van der Waals surface area contributed by atoms with Crippen molar-refractivity contribution in [2.24, 2.45) is 4.99 Å². The first-order valence-electron chi connectivity index (χ1n) is 8.24. The van der Waals surface area contributed by atoms with Crippen LogP contribution in [0.4, 0.5) is 0 Å². The van der Waals surface area contributed by atoms with Gasteiger partial charge in [-0.15, -0.1) is 14.0 Å². The Morgan fingerprint density at radius 1 is 1.38 bits per heavy atom. The van der Waals surface area contributed by atoms with E-state index in [0.717, 1.165) is 0 Å². The van der Waals surface area contributed by atoms with Crippen LogP contribution in [0.5, 0.6) is 0 Å². The quantitative estimate of drug-likeness (QED) is 0.310. The summed E-state index contributed by atoms with van der Waals surface area (Å²) < 4.78 is 1.46. The molecule has 6 nitrogen and oxygen atoms in total. The Kier molecular flexibility index (Phi) is 6.47. The maximum absolute atomic E-state index is 12.3. The summed E-state index contributed by atoms with van der Waals surface area (Å²) in [5.74, 6) is 1.51. The number of nitrogens with zero attached hydrogens (tertiary/aromatic N) is 4. The molecule has 2 aromatic rings. The Bertz CT molecular complexity index is 927. The Balaban J connectivity index is 2.68. The molecule has 7 heteroatoms. The summed E-state index contributed by atoms with van der Waals surface area (Å²) in [4.78, 5) is 28.9. The lowest BCUT2D eigenvalue weighted by Crippen LogP contribution is -2.32. The van der Waals surface area contributed by atoms with Gasteiger partial charge in [-0.25, -0.2) is 9.67 Å². The maximum Gasteiger partial charge on any atom is 0.207 e. The number of carbonyl (C=O) groups is 2. The summed E-state index contributed by atoms with van der Waals surface area (Å²) in [6.45, 7) is 5.24. The van der Waals surface area contributed by atoms with Crippen LogP contribution < -0.4 is 0 Å². The van der Waals surface area contributed by atoms with Crippen LogP contribution in [0.2, 0.25) is 0 Å². The zero-order valence-electron chi connectivity index (χ0n) is 15.0. The Morgan fingerprint density at radius 3 is 2.73 bits per heavy atom. The molecule has 1 heterocycles. The van der Waals surface area contributed by atoms with E-state index in [1.807, 2.05) is 31.2 Å². The minimum absolute atomic E-state index is 0.0759. The van der Waals surface area contributed by atoms with Crippen LogP contribution >= 0.6 is 8.86 Å². The summed E-state index contributed by atoms with van der Waals surface area (Å²) >= 11 is 0. The SMILES string of the molecule is C/C=C\C(=NC(C)(C=O)n1nnc2ccccc21)/C(=C\C=P)C(=O)CC. The molecule has 0 amide bonds. The molecule has 1 aromatic heterocycles. The topological polar surface area (TPSA) is 77.2 Å². The number of allylic oxidation sites excluding steroid dienone is 4. The van der Waals surface area contributed by atoms with Gasteiger partial charge in [0.15, 0.2) is 12.1 Å². The number of carbonyl (C=O) groups excluding carboxylic acids is 2. The summed E-state index contributed by atoms with van der Waals surface area (Å²) in [6.07, 6.45) is 6.13. The van der Waals surface area contributed by atoms with Gasteiger partial charge >= 0.3 is 0 Å². The molecular weight excluding hydrogens is 347 g/mol. The van der Waals surface area contributed by atoms with Gasteiger partial charge in [0.05, 0.1) is 11.2 Å².